The van der Waals surface area contributed by atoms with E-state index in [0.29, 0.717) is 16.3 Å². The number of ether oxygens (including phenoxy) is 1. The van der Waals surface area contributed by atoms with Gasteiger partial charge < -0.3 is 15.2 Å². The van der Waals surface area contributed by atoms with Crippen LogP contribution in [-0.4, -0.2) is 17.1 Å². The van der Waals surface area contributed by atoms with Crippen LogP contribution in [0.1, 0.15) is 69.9 Å². The number of aromatic hydroxyl groups is 1. The van der Waals surface area contributed by atoms with Crippen molar-refractivity contribution in [3.63, 3.8) is 0 Å². The Morgan fingerprint density at radius 3 is 2.45 bits per heavy atom. The number of carbonyl (C=O) groups excluding carboxylic acids is 1. The smallest absolute Gasteiger partial charge is 0.265 e. The summed E-state index contributed by atoms with van der Waals surface area (Å²) in [6, 6.07) is 9.30. The SMILES string of the molecule is CCCCCCCCCc1ccccc1OC(C)C(=O)Nc1cc(Cl)c(C)c(Cl)c1O. The van der Waals surface area contributed by atoms with Crippen molar-refractivity contribution >= 4 is 34.8 Å². The highest BCUT2D eigenvalue weighted by atomic mass is 35.5. The molecule has 31 heavy (non-hydrogen) atoms. The molecule has 0 aliphatic heterocycles. The molecule has 1 atom stereocenters. The molecule has 0 aromatic heterocycles. The van der Waals surface area contributed by atoms with Crippen LogP contribution in [0.4, 0.5) is 5.69 Å². The second-order valence-electron chi connectivity index (χ2n) is 7.92. The summed E-state index contributed by atoms with van der Waals surface area (Å²) in [5.41, 5.74) is 1.82. The highest BCUT2D eigenvalue weighted by Crippen LogP contribution is 2.38. The number of carbonyl (C=O) groups is 1. The van der Waals surface area contributed by atoms with Crippen LogP contribution in [0, 0.1) is 6.92 Å². The molecule has 0 aliphatic carbocycles. The molecule has 2 aromatic rings. The van der Waals surface area contributed by atoms with Gasteiger partial charge in [0.15, 0.2) is 11.9 Å². The van der Waals surface area contributed by atoms with Gasteiger partial charge >= 0.3 is 0 Å². The molecule has 6 heteroatoms. The number of hydrogen-bond donors (Lipinski definition) is 2. The standard InChI is InChI=1S/C25H33Cl2NO3/c1-4-5-6-7-8-9-10-13-19-14-11-12-15-22(19)31-18(3)25(30)28-21-16-20(26)17(2)23(27)24(21)29/h11-12,14-16,18,29H,4-10,13H2,1-3H3,(H,28,30). The van der Waals surface area contributed by atoms with E-state index in [0.717, 1.165) is 18.4 Å². The van der Waals surface area contributed by atoms with E-state index in [1.54, 1.807) is 13.8 Å². The zero-order valence-corrected chi connectivity index (χ0v) is 20.2. The predicted octanol–water partition coefficient (Wildman–Crippen LogP) is 7.71. The van der Waals surface area contributed by atoms with E-state index in [1.807, 2.05) is 24.3 Å². The molecule has 0 fully saturated rings. The molecule has 0 spiro atoms. The van der Waals surface area contributed by atoms with Gasteiger partial charge in [0.05, 0.1) is 10.7 Å². The molecule has 2 N–H and O–H groups in total. The predicted molar refractivity (Wildman–Crippen MR) is 130 cm³/mol. The normalized spacial score (nSPS) is 11.9. The molecule has 2 rings (SSSR count). The summed E-state index contributed by atoms with van der Waals surface area (Å²) in [6.45, 7) is 5.60. The molecule has 0 saturated heterocycles. The number of amides is 1. The number of phenols is 1. The average molecular weight is 466 g/mol. The van der Waals surface area contributed by atoms with Gasteiger partial charge in [0.25, 0.3) is 5.91 Å². The lowest BCUT2D eigenvalue weighted by Gasteiger charge is -2.18. The topological polar surface area (TPSA) is 58.6 Å². The lowest BCUT2D eigenvalue weighted by molar-refractivity contribution is -0.122. The monoisotopic (exact) mass is 465 g/mol. The van der Waals surface area contributed by atoms with Crippen molar-refractivity contribution in [3.05, 3.63) is 51.5 Å². The summed E-state index contributed by atoms with van der Waals surface area (Å²) in [5, 5.41) is 13.4. The fraction of sp³-hybridized carbons (Fsp3) is 0.480. The first-order chi connectivity index (χ1) is 14.8. The number of benzene rings is 2. The van der Waals surface area contributed by atoms with Crippen LogP contribution in [0.25, 0.3) is 0 Å². The average Bonchev–Trinajstić information content (AvgIpc) is 2.76. The molecule has 4 nitrogen and oxygen atoms in total. The van der Waals surface area contributed by atoms with Gasteiger partial charge in [-0.3, -0.25) is 4.79 Å². The second-order valence-corrected chi connectivity index (χ2v) is 8.71. The molecule has 0 radical (unpaired) electrons. The quantitative estimate of drug-likeness (QED) is 0.249. The van der Waals surface area contributed by atoms with Gasteiger partial charge in [-0.15, -0.1) is 0 Å². The van der Waals surface area contributed by atoms with Gasteiger partial charge in [0, 0.05) is 5.02 Å². The Kier molecular flexibility index (Phi) is 10.5. The maximum Gasteiger partial charge on any atom is 0.265 e. The van der Waals surface area contributed by atoms with Crippen LogP contribution in [0.15, 0.2) is 30.3 Å². The van der Waals surface area contributed by atoms with Crippen LogP contribution in [0.3, 0.4) is 0 Å². The summed E-state index contributed by atoms with van der Waals surface area (Å²) in [7, 11) is 0. The summed E-state index contributed by atoms with van der Waals surface area (Å²) >= 11 is 12.2. The minimum atomic E-state index is -0.756. The summed E-state index contributed by atoms with van der Waals surface area (Å²) in [4.78, 5) is 12.6. The second kappa shape index (κ2) is 12.8. The van der Waals surface area contributed by atoms with Gasteiger partial charge in [-0.1, -0.05) is 86.8 Å². The van der Waals surface area contributed by atoms with Crippen LogP contribution in [0.5, 0.6) is 11.5 Å². The van der Waals surface area contributed by atoms with E-state index in [2.05, 4.69) is 12.2 Å². The van der Waals surface area contributed by atoms with Gasteiger partial charge in [-0.25, -0.2) is 0 Å². The van der Waals surface area contributed by atoms with Crippen molar-refractivity contribution in [2.75, 3.05) is 5.32 Å². The highest BCUT2D eigenvalue weighted by Gasteiger charge is 2.20. The highest BCUT2D eigenvalue weighted by molar-refractivity contribution is 6.37. The van der Waals surface area contributed by atoms with Crippen molar-refractivity contribution in [1.82, 2.24) is 0 Å². The van der Waals surface area contributed by atoms with Gasteiger partial charge in [0.1, 0.15) is 5.75 Å². The first kappa shape index (κ1) is 25.4. The van der Waals surface area contributed by atoms with E-state index >= 15 is 0 Å². The number of anilines is 1. The van der Waals surface area contributed by atoms with E-state index in [9.17, 15) is 9.90 Å². The number of rotatable bonds is 12. The van der Waals surface area contributed by atoms with Crippen LogP contribution in [-0.2, 0) is 11.2 Å². The molecule has 0 saturated carbocycles. The fourth-order valence-corrected chi connectivity index (χ4v) is 3.83. The molecule has 0 aliphatic rings. The third kappa shape index (κ3) is 7.62. The molecule has 2 aromatic carbocycles. The first-order valence-corrected chi connectivity index (χ1v) is 11.8. The zero-order chi connectivity index (χ0) is 22.8. The Bertz CT molecular complexity index is 870. The Morgan fingerprint density at radius 2 is 1.74 bits per heavy atom. The number of hydrogen-bond acceptors (Lipinski definition) is 3. The van der Waals surface area contributed by atoms with Crippen LogP contribution in [0.2, 0.25) is 10.0 Å². The minimum Gasteiger partial charge on any atom is -0.504 e. The molecule has 1 unspecified atom stereocenters. The number of para-hydroxylation sites is 1. The Labute approximate surface area is 195 Å². The van der Waals surface area contributed by atoms with Crippen LogP contribution < -0.4 is 10.1 Å². The van der Waals surface area contributed by atoms with Crippen molar-refractivity contribution in [3.8, 4) is 11.5 Å². The fourth-order valence-electron chi connectivity index (χ4n) is 3.38. The van der Waals surface area contributed by atoms with E-state index in [-0.39, 0.29) is 16.5 Å². The molecule has 0 heterocycles. The largest absolute Gasteiger partial charge is 0.504 e. The Hall–Kier alpha value is -1.91. The number of nitrogens with one attached hydrogen (secondary N) is 1. The Morgan fingerprint density at radius 1 is 1.10 bits per heavy atom. The van der Waals surface area contributed by atoms with E-state index < -0.39 is 12.0 Å². The van der Waals surface area contributed by atoms with Crippen molar-refractivity contribution in [1.29, 1.82) is 0 Å². The molecule has 170 valence electrons. The lowest BCUT2D eigenvalue weighted by Crippen LogP contribution is -2.30. The van der Waals surface area contributed by atoms with Gasteiger partial charge in [-0.05, 0) is 49.9 Å². The molecular weight excluding hydrogens is 433 g/mol. The van der Waals surface area contributed by atoms with E-state index in [1.165, 1.54) is 44.6 Å². The number of phenolic OH excluding ortho intramolecular Hbond substituents is 1. The number of unbranched alkanes of at least 4 members (excludes halogenated alkanes) is 6. The third-order valence-electron chi connectivity index (χ3n) is 5.37. The van der Waals surface area contributed by atoms with Crippen LogP contribution >= 0.6 is 23.2 Å². The number of halogens is 2. The zero-order valence-electron chi connectivity index (χ0n) is 18.6. The molecular formula is C25H33Cl2NO3. The summed E-state index contributed by atoms with van der Waals surface area (Å²) in [5.74, 6) is 0.112. The molecule has 1 amide bonds. The van der Waals surface area contributed by atoms with Crippen molar-refractivity contribution in [2.24, 2.45) is 0 Å². The maximum atomic E-state index is 12.6. The van der Waals surface area contributed by atoms with Crippen molar-refractivity contribution in [2.45, 2.75) is 78.2 Å². The summed E-state index contributed by atoms with van der Waals surface area (Å²) < 4.78 is 5.95. The summed E-state index contributed by atoms with van der Waals surface area (Å²) in [6.07, 6.45) is 8.90. The van der Waals surface area contributed by atoms with Crippen molar-refractivity contribution < 1.29 is 14.6 Å². The number of aryl methyl sites for hydroxylation is 1. The molecule has 0 bridgehead atoms. The Balaban J connectivity index is 1.93. The van der Waals surface area contributed by atoms with Gasteiger partial charge in [-0.2, -0.15) is 0 Å². The maximum absolute atomic E-state index is 12.6. The lowest BCUT2D eigenvalue weighted by atomic mass is 10.0. The minimum absolute atomic E-state index is 0.122. The van der Waals surface area contributed by atoms with Gasteiger partial charge in [0.2, 0.25) is 0 Å². The van der Waals surface area contributed by atoms with E-state index in [4.69, 9.17) is 27.9 Å². The first-order valence-electron chi connectivity index (χ1n) is 11.1. The third-order valence-corrected chi connectivity index (χ3v) is 6.23.